The van der Waals surface area contributed by atoms with E-state index in [9.17, 15) is 18.0 Å². The van der Waals surface area contributed by atoms with Crippen LogP contribution < -0.4 is 10.6 Å². The van der Waals surface area contributed by atoms with Crippen LogP contribution in [0, 0.1) is 5.92 Å². The van der Waals surface area contributed by atoms with Crippen molar-refractivity contribution in [3.63, 3.8) is 0 Å². The third-order valence-corrected chi connectivity index (χ3v) is 8.26. The normalized spacial score (nSPS) is 17.6. The van der Waals surface area contributed by atoms with E-state index in [1.54, 1.807) is 24.3 Å². The van der Waals surface area contributed by atoms with E-state index >= 15 is 0 Å². The number of benzene rings is 2. The number of rotatable bonds is 9. The first kappa shape index (κ1) is 26.2. The maximum absolute atomic E-state index is 13.6. The molecule has 1 aliphatic heterocycles. The summed E-state index contributed by atoms with van der Waals surface area (Å²) in [5.41, 5.74) is 1.19. The molecule has 2 aromatic rings. The first-order chi connectivity index (χ1) is 16.2. The zero-order chi connectivity index (χ0) is 24.7. The number of hydrogen-bond acceptors (Lipinski definition) is 4. The van der Waals surface area contributed by atoms with Crippen LogP contribution >= 0.6 is 11.6 Å². The Hall–Kier alpha value is -2.42. The third-order valence-electron chi connectivity index (χ3n) is 6.14. The quantitative estimate of drug-likeness (QED) is 0.539. The summed E-state index contributed by atoms with van der Waals surface area (Å²) in [5, 5.41) is 6.17. The van der Waals surface area contributed by atoms with Gasteiger partial charge >= 0.3 is 0 Å². The summed E-state index contributed by atoms with van der Waals surface area (Å²) in [4.78, 5) is 25.3. The average Bonchev–Trinajstić information content (AvgIpc) is 3.05. The van der Waals surface area contributed by atoms with Gasteiger partial charge in [0, 0.05) is 30.2 Å². The van der Waals surface area contributed by atoms with Crippen LogP contribution in [0.5, 0.6) is 0 Å². The van der Waals surface area contributed by atoms with E-state index in [0.717, 1.165) is 19.3 Å². The SMILES string of the molecule is CCC(C)CNC(=O)c1ccc(CN([C@@H]2CCCCNC2=O)S(=O)(=O)c2ccc(Cl)cc2)cc1. The monoisotopic (exact) mass is 505 g/mol. The number of sulfonamides is 1. The summed E-state index contributed by atoms with van der Waals surface area (Å²) in [6.45, 7) is 5.29. The molecule has 1 saturated heterocycles. The van der Waals surface area contributed by atoms with Crippen molar-refractivity contribution in [2.75, 3.05) is 13.1 Å². The predicted octanol–water partition coefficient (Wildman–Crippen LogP) is 3.98. The molecule has 2 aromatic carbocycles. The Morgan fingerprint density at radius 2 is 1.82 bits per heavy atom. The van der Waals surface area contributed by atoms with Crippen molar-refractivity contribution >= 4 is 33.4 Å². The fraction of sp³-hybridized carbons (Fsp3) is 0.440. The molecule has 1 fully saturated rings. The van der Waals surface area contributed by atoms with Gasteiger partial charge in [-0.2, -0.15) is 4.31 Å². The highest BCUT2D eigenvalue weighted by molar-refractivity contribution is 7.89. The van der Waals surface area contributed by atoms with Crippen LogP contribution in [-0.4, -0.2) is 43.7 Å². The summed E-state index contributed by atoms with van der Waals surface area (Å²) >= 11 is 5.95. The number of nitrogens with zero attached hydrogens (tertiary/aromatic N) is 1. The first-order valence-corrected chi connectivity index (χ1v) is 13.5. The maximum atomic E-state index is 13.6. The third kappa shape index (κ3) is 6.58. The highest BCUT2D eigenvalue weighted by atomic mass is 35.5. The van der Waals surface area contributed by atoms with Crippen molar-refractivity contribution in [1.29, 1.82) is 0 Å². The van der Waals surface area contributed by atoms with Crippen molar-refractivity contribution in [1.82, 2.24) is 14.9 Å². The largest absolute Gasteiger partial charge is 0.355 e. The molecule has 1 aliphatic rings. The molecular formula is C25H32ClN3O4S. The summed E-state index contributed by atoms with van der Waals surface area (Å²) in [7, 11) is -3.98. The molecule has 0 bridgehead atoms. The van der Waals surface area contributed by atoms with Crippen LogP contribution in [0.2, 0.25) is 5.02 Å². The molecule has 2 atom stereocenters. The Labute approximate surface area is 206 Å². The van der Waals surface area contributed by atoms with Crippen LogP contribution in [0.25, 0.3) is 0 Å². The molecule has 0 saturated carbocycles. The van der Waals surface area contributed by atoms with E-state index in [1.165, 1.54) is 28.6 Å². The Morgan fingerprint density at radius 3 is 2.47 bits per heavy atom. The second-order valence-corrected chi connectivity index (χ2v) is 11.1. The van der Waals surface area contributed by atoms with Gasteiger partial charge in [-0.3, -0.25) is 9.59 Å². The molecule has 1 unspecified atom stereocenters. The van der Waals surface area contributed by atoms with E-state index in [4.69, 9.17) is 11.6 Å². The molecule has 34 heavy (non-hydrogen) atoms. The van der Waals surface area contributed by atoms with Gasteiger partial charge in [0.2, 0.25) is 15.9 Å². The molecule has 0 spiro atoms. The average molecular weight is 506 g/mol. The van der Waals surface area contributed by atoms with Crippen LogP contribution in [0.4, 0.5) is 0 Å². The fourth-order valence-electron chi connectivity index (χ4n) is 3.76. The molecule has 2 amide bonds. The maximum Gasteiger partial charge on any atom is 0.251 e. The van der Waals surface area contributed by atoms with Crippen molar-refractivity contribution in [3.05, 3.63) is 64.7 Å². The zero-order valence-corrected chi connectivity index (χ0v) is 21.2. The van der Waals surface area contributed by atoms with Gasteiger partial charge in [0.25, 0.3) is 5.91 Å². The van der Waals surface area contributed by atoms with Crippen LogP contribution in [0.15, 0.2) is 53.4 Å². The minimum atomic E-state index is -3.98. The van der Waals surface area contributed by atoms with E-state index in [2.05, 4.69) is 24.5 Å². The first-order valence-electron chi connectivity index (χ1n) is 11.6. The van der Waals surface area contributed by atoms with Gasteiger partial charge in [-0.15, -0.1) is 0 Å². The highest BCUT2D eigenvalue weighted by Crippen LogP contribution is 2.26. The lowest BCUT2D eigenvalue weighted by Gasteiger charge is -2.29. The van der Waals surface area contributed by atoms with Crippen LogP contribution in [0.3, 0.4) is 0 Å². The van der Waals surface area contributed by atoms with E-state index in [1.807, 2.05) is 0 Å². The predicted molar refractivity (Wildman–Crippen MR) is 133 cm³/mol. The van der Waals surface area contributed by atoms with Gasteiger partial charge in [0.15, 0.2) is 0 Å². The summed E-state index contributed by atoms with van der Waals surface area (Å²) in [6.07, 6.45) is 2.96. The number of carbonyl (C=O) groups excluding carboxylic acids is 2. The van der Waals surface area contributed by atoms with Gasteiger partial charge in [0.1, 0.15) is 6.04 Å². The molecule has 0 aliphatic carbocycles. The molecule has 0 aromatic heterocycles. The Kier molecular flexibility index (Phi) is 9.10. The lowest BCUT2D eigenvalue weighted by atomic mass is 10.1. The number of carbonyl (C=O) groups is 2. The summed E-state index contributed by atoms with van der Waals surface area (Å²) in [6, 6.07) is 12.0. The van der Waals surface area contributed by atoms with Gasteiger partial charge in [-0.1, -0.05) is 44.0 Å². The standard InChI is InChI=1S/C25H32ClN3O4S/c1-3-18(2)16-28-24(30)20-9-7-19(8-10-20)17-29(23-6-4-5-15-27-25(23)31)34(32,33)22-13-11-21(26)12-14-22/h7-14,18,23H,3-6,15-17H2,1-2H3,(H,27,31)(H,28,30)/t18?,23-/m1/s1. The van der Waals surface area contributed by atoms with Crippen LogP contribution in [0.1, 0.15) is 55.5 Å². The molecule has 1 heterocycles. The van der Waals surface area contributed by atoms with Crippen molar-refractivity contribution in [3.8, 4) is 0 Å². The summed E-state index contributed by atoms with van der Waals surface area (Å²) < 4.78 is 28.5. The molecule has 3 rings (SSSR count). The molecule has 0 radical (unpaired) electrons. The van der Waals surface area contributed by atoms with Crippen molar-refractivity contribution in [2.45, 2.75) is 57.0 Å². The van der Waals surface area contributed by atoms with Gasteiger partial charge < -0.3 is 10.6 Å². The molecule has 2 N–H and O–H groups in total. The van der Waals surface area contributed by atoms with Gasteiger partial charge in [-0.05, 0) is 67.1 Å². The Bertz CT molecular complexity index is 1090. The summed E-state index contributed by atoms with van der Waals surface area (Å²) in [5.74, 6) is -0.0719. The molecule has 9 heteroatoms. The lowest BCUT2D eigenvalue weighted by molar-refractivity contribution is -0.124. The van der Waals surface area contributed by atoms with E-state index < -0.39 is 16.1 Å². The molecule has 184 valence electrons. The molecular weight excluding hydrogens is 474 g/mol. The van der Waals surface area contributed by atoms with Crippen molar-refractivity contribution in [2.24, 2.45) is 5.92 Å². The minimum Gasteiger partial charge on any atom is -0.355 e. The minimum absolute atomic E-state index is 0.0117. The number of halogens is 1. The van der Waals surface area contributed by atoms with Crippen LogP contribution in [-0.2, 0) is 21.4 Å². The van der Waals surface area contributed by atoms with Crippen molar-refractivity contribution < 1.29 is 18.0 Å². The second-order valence-electron chi connectivity index (χ2n) is 8.73. The molecule has 7 nitrogen and oxygen atoms in total. The van der Waals surface area contributed by atoms with Gasteiger partial charge in [0.05, 0.1) is 4.90 Å². The lowest BCUT2D eigenvalue weighted by Crippen LogP contribution is -2.48. The topological polar surface area (TPSA) is 95.6 Å². The fourth-order valence-corrected chi connectivity index (χ4v) is 5.49. The Balaban J connectivity index is 1.86. The number of amides is 2. The second kappa shape index (κ2) is 11.8. The van der Waals surface area contributed by atoms with E-state index in [0.29, 0.717) is 41.6 Å². The number of hydrogen-bond donors (Lipinski definition) is 2. The number of nitrogens with one attached hydrogen (secondary N) is 2. The Morgan fingerprint density at radius 1 is 1.15 bits per heavy atom. The highest BCUT2D eigenvalue weighted by Gasteiger charge is 2.36. The van der Waals surface area contributed by atoms with E-state index in [-0.39, 0.29) is 23.3 Å². The van der Waals surface area contributed by atoms with Gasteiger partial charge in [-0.25, -0.2) is 8.42 Å². The smallest absolute Gasteiger partial charge is 0.251 e. The zero-order valence-electron chi connectivity index (χ0n) is 19.6.